The molecule has 0 radical (unpaired) electrons. The van der Waals surface area contributed by atoms with Crippen LogP contribution in [0.3, 0.4) is 0 Å². The van der Waals surface area contributed by atoms with E-state index in [1.54, 1.807) is 0 Å². The molecule has 148 valence electrons. The lowest BCUT2D eigenvalue weighted by molar-refractivity contribution is 0.304. The van der Waals surface area contributed by atoms with Crippen LogP contribution in [0.1, 0.15) is 17.0 Å². The summed E-state index contributed by atoms with van der Waals surface area (Å²) in [4.78, 5) is 0. The highest BCUT2D eigenvalue weighted by molar-refractivity contribution is 5.93. The topological polar surface area (TPSA) is 66.0 Å². The highest BCUT2D eigenvalue weighted by Crippen LogP contribution is 2.32. The van der Waals surface area contributed by atoms with Crippen LogP contribution >= 0.6 is 0 Å². The fourth-order valence-corrected chi connectivity index (χ4v) is 3.49. The maximum Gasteiger partial charge on any atom is 0.237 e. The van der Waals surface area contributed by atoms with Crippen molar-refractivity contribution in [1.29, 1.82) is 0 Å². The Morgan fingerprint density at radius 2 is 1.80 bits per heavy atom. The number of fused-ring (bicyclic) bond motifs is 1. The third-order valence-corrected chi connectivity index (χ3v) is 5.05. The van der Waals surface area contributed by atoms with Gasteiger partial charge >= 0.3 is 0 Å². The summed E-state index contributed by atoms with van der Waals surface area (Å²) < 4.78 is 13.3. The molecule has 0 fully saturated rings. The van der Waals surface area contributed by atoms with Gasteiger partial charge in [-0.15, -0.1) is 10.2 Å². The van der Waals surface area contributed by atoms with Gasteiger partial charge in [-0.25, -0.2) is 0 Å². The molecular formula is C24H20N4O2. The van der Waals surface area contributed by atoms with Gasteiger partial charge in [0.15, 0.2) is 0 Å². The van der Waals surface area contributed by atoms with E-state index in [4.69, 9.17) is 14.3 Å². The number of hydrogen-bond acceptors (Lipinski definition) is 5. The third-order valence-electron chi connectivity index (χ3n) is 5.05. The Hall–Kier alpha value is -3.93. The molecule has 6 nitrogen and oxygen atoms in total. The van der Waals surface area contributed by atoms with Crippen LogP contribution in [0.4, 0.5) is 0 Å². The number of ether oxygens (including phenoxy) is 1. The molecule has 0 spiro atoms. The number of aromatic nitrogens is 4. The van der Waals surface area contributed by atoms with E-state index in [9.17, 15) is 0 Å². The van der Waals surface area contributed by atoms with Gasteiger partial charge < -0.3 is 9.15 Å². The summed E-state index contributed by atoms with van der Waals surface area (Å²) in [6, 6.07) is 24.5. The summed E-state index contributed by atoms with van der Waals surface area (Å²) in [6.45, 7) is 3.00. The lowest BCUT2D eigenvalue weighted by Gasteiger charge is -2.11. The van der Waals surface area contributed by atoms with Crippen molar-refractivity contribution in [3.05, 3.63) is 96.2 Å². The van der Waals surface area contributed by atoms with Gasteiger partial charge in [0.1, 0.15) is 24.6 Å². The number of rotatable bonds is 6. The fraction of sp³-hybridized carbons (Fsp3) is 0.125. The molecular weight excluding hydrogens is 376 g/mol. The number of para-hydroxylation sites is 1. The summed E-state index contributed by atoms with van der Waals surface area (Å²) in [7, 11) is 0. The Bertz CT molecular complexity index is 1280. The Morgan fingerprint density at radius 1 is 0.967 bits per heavy atom. The molecule has 0 amide bonds. The Morgan fingerprint density at radius 3 is 2.63 bits per heavy atom. The van der Waals surface area contributed by atoms with Crippen molar-refractivity contribution in [2.24, 2.45) is 0 Å². The first kappa shape index (κ1) is 18.1. The summed E-state index contributed by atoms with van der Waals surface area (Å²) in [6.07, 6.45) is 1.33. The Kier molecular flexibility index (Phi) is 4.73. The Labute approximate surface area is 173 Å². The van der Waals surface area contributed by atoms with Crippen LogP contribution in [0, 0.1) is 6.92 Å². The number of aryl methyl sites for hydroxylation is 1. The highest BCUT2D eigenvalue weighted by Gasteiger charge is 2.15. The molecule has 5 aromatic rings. The van der Waals surface area contributed by atoms with Crippen LogP contribution < -0.4 is 4.74 Å². The van der Waals surface area contributed by atoms with Crippen LogP contribution in [-0.2, 0) is 13.2 Å². The van der Waals surface area contributed by atoms with Gasteiger partial charge in [0.05, 0.1) is 5.52 Å². The van der Waals surface area contributed by atoms with Gasteiger partial charge in [-0.2, -0.15) is 5.10 Å². The molecule has 0 unspecified atom stereocenters. The van der Waals surface area contributed by atoms with Gasteiger partial charge in [0.25, 0.3) is 0 Å². The SMILES string of the molecule is Cc1ccc(-c2nn(Cc3nnco3)c3ccccc23)cc1OCc1ccccc1. The van der Waals surface area contributed by atoms with Crippen molar-refractivity contribution >= 4 is 10.9 Å². The molecule has 0 atom stereocenters. The summed E-state index contributed by atoms with van der Waals surface area (Å²) in [5.41, 5.74) is 5.14. The van der Waals surface area contributed by atoms with E-state index in [1.165, 1.54) is 6.39 Å². The highest BCUT2D eigenvalue weighted by atomic mass is 16.5. The van der Waals surface area contributed by atoms with Crippen LogP contribution in [0.2, 0.25) is 0 Å². The van der Waals surface area contributed by atoms with E-state index in [-0.39, 0.29) is 0 Å². The van der Waals surface area contributed by atoms with Crippen molar-refractivity contribution in [2.45, 2.75) is 20.1 Å². The predicted octanol–water partition coefficient (Wildman–Crippen LogP) is 5.02. The molecule has 0 aliphatic rings. The van der Waals surface area contributed by atoms with Gasteiger partial charge in [0, 0.05) is 10.9 Å². The zero-order valence-electron chi connectivity index (χ0n) is 16.5. The van der Waals surface area contributed by atoms with E-state index < -0.39 is 0 Å². The molecule has 0 bridgehead atoms. The number of benzene rings is 3. The van der Waals surface area contributed by atoms with Crippen LogP contribution in [0.25, 0.3) is 22.2 Å². The third kappa shape index (κ3) is 3.55. The maximum atomic E-state index is 6.12. The summed E-state index contributed by atoms with van der Waals surface area (Å²) in [5.74, 6) is 1.37. The van der Waals surface area contributed by atoms with Crippen molar-refractivity contribution in [1.82, 2.24) is 20.0 Å². The van der Waals surface area contributed by atoms with Gasteiger partial charge in [0.2, 0.25) is 12.3 Å². The lowest BCUT2D eigenvalue weighted by atomic mass is 10.1. The van der Waals surface area contributed by atoms with Crippen molar-refractivity contribution in [3.63, 3.8) is 0 Å². The molecule has 6 heteroatoms. The van der Waals surface area contributed by atoms with Gasteiger partial charge in [-0.05, 0) is 30.2 Å². The average Bonchev–Trinajstić information content (AvgIpc) is 3.43. The van der Waals surface area contributed by atoms with Crippen LogP contribution in [0.15, 0.2) is 83.6 Å². The molecule has 5 rings (SSSR count). The van der Waals surface area contributed by atoms with Gasteiger partial charge in [-0.1, -0.05) is 60.7 Å². The lowest BCUT2D eigenvalue weighted by Crippen LogP contribution is -2.02. The molecule has 2 heterocycles. The van der Waals surface area contributed by atoms with Crippen LogP contribution in [-0.4, -0.2) is 20.0 Å². The second kappa shape index (κ2) is 7.83. The zero-order valence-corrected chi connectivity index (χ0v) is 16.5. The summed E-state index contributed by atoms with van der Waals surface area (Å²) >= 11 is 0. The van der Waals surface area contributed by atoms with Crippen molar-refractivity contribution in [2.75, 3.05) is 0 Å². The molecule has 0 aliphatic carbocycles. The van der Waals surface area contributed by atoms with Gasteiger partial charge in [-0.3, -0.25) is 4.68 Å². The zero-order chi connectivity index (χ0) is 20.3. The molecule has 0 saturated heterocycles. The smallest absolute Gasteiger partial charge is 0.237 e. The minimum absolute atomic E-state index is 0.420. The average molecular weight is 396 g/mol. The quantitative estimate of drug-likeness (QED) is 0.403. The van der Waals surface area contributed by atoms with Crippen molar-refractivity contribution in [3.8, 4) is 17.0 Å². The van der Waals surface area contributed by atoms with E-state index in [2.05, 4.69) is 53.5 Å². The van der Waals surface area contributed by atoms with Crippen molar-refractivity contribution < 1.29 is 9.15 Å². The first-order valence-corrected chi connectivity index (χ1v) is 9.76. The van der Waals surface area contributed by atoms with E-state index in [0.717, 1.165) is 39.0 Å². The largest absolute Gasteiger partial charge is 0.489 e. The fourth-order valence-electron chi connectivity index (χ4n) is 3.49. The number of nitrogens with zero attached hydrogens (tertiary/aromatic N) is 4. The van der Waals surface area contributed by atoms with E-state index in [0.29, 0.717) is 19.0 Å². The maximum absolute atomic E-state index is 6.12. The van der Waals surface area contributed by atoms with Crippen LogP contribution in [0.5, 0.6) is 5.75 Å². The molecule has 0 aliphatic heterocycles. The molecule has 30 heavy (non-hydrogen) atoms. The van der Waals surface area contributed by atoms with E-state index in [1.807, 2.05) is 41.1 Å². The predicted molar refractivity (Wildman–Crippen MR) is 114 cm³/mol. The second-order valence-corrected chi connectivity index (χ2v) is 7.11. The minimum Gasteiger partial charge on any atom is -0.489 e. The molecule has 0 saturated carbocycles. The molecule has 2 aromatic heterocycles. The molecule has 0 N–H and O–H groups in total. The Balaban J connectivity index is 1.50. The first-order valence-electron chi connectivity index (χ1n) is 9.76. The molecule has 3 aromatic carbocycles. The second-order valence-electron chi connectivity index (χ2n) is 7.11. The van der Waals surface area contributed by atoms with E-state index >= 15 is 0 Å². The minimum atomic E-state index is 0.420. The first-order chi connectivity index (χ1) is 14.8. The number of hydrogen-bond donors (Lipinski definition) is 0. The summed E-state index contributed by atoms with van der Waals surface area (Å²) in [5, 5.41) is 13.7. The normalized spacial score (nSPS) is 11.1. The standard InChI is InChI=1S/C24H20N4O2/c1-17-11-12-19(13-22(17)29-15-18-7-3-2-4-8-18)24-20-9-5-6-10-21(20)28(27-24)14-23-26-25-16-30-23/h2-13,16H,14-15H2,1H3. The monoisotopic (exact) mass is 396 g/mol.